The molecule has 2 heterocycles. The quantitative estimate of drug-likeness (QED) is 0.629. The van der Waals surface area contributed by atoms with Crippen molar-refractivity contribution in [2.24, 2.45) is 0 Å². The molecule has 2 rings (SSSR count). The van der Waals surface area contributed by atoms with Crippen LogP contribution >= 0.6 is 0 Å². The van der Waals surface area contributed by atoms with Crippen LogP contribution in [-0.2, 0) is 4.79 Å². The molecule has 2 N–H and O–H groups in total. The number of nitrogens with one attached hydrogen (secondary N) is 2. The Morgan fingerprint density at radius 2 is 2.38 bits per heavy atom. The maximum Gasteiger partial charge on any atom is 0.226 e. The van der Waals surface area contributed by atoms with E-state index in [9.17, 15) is 4.79 Å². The zero-order valence-electron chi connectivity index (χ0n) is 7.55. The lowest BCUT2D eigenvalue weighted by molar-refractivity contribution is -0.116. The van der Waals surface area contributed by atoms with Gasteiger partial charge in [0.2, 0.25) is 5.91 Å². The lowest BCUT2D eigenvalue weighted by atomic mass is 10.2. The minimum absolute atomic E-state index is 0.00921. The minimum Gasteiger partial charge on any atom is -0.363 e. The molecule has 1 aromatic rings. The topological polar surface area (TPSA) is 67.2 Å². The zero-order chi connectivity index (χ0) is 9.42. The van der Waals surface area contributed by atoms with Crippen molar-refractivity contribution in [2.45, 2.75) is 26.3 Å². The van der Waals surface area contributed by atoms with Gasteiger partial charge in [0.15, 0.2) is 11.6 Å². The highest BCUT2D eigenvalue weighted by atomic mass is 16.5. The fourth-order valence-corrected chi connectivity index (χ4v) is 1.37. The number of amides is 1. The molecular formula is C8H11N3O2. The summed E-state index contributed by atoms with van der Waals surface area (Å²) in [6.45, 7) is 3.70. The van der Waals surface area contributed by atoms with E-state index >= 15 is 0 Å². The summed E-state index contributed by atoms with van der Waals surface area (Å²) in [5.74, 6) is 1.24. The minimum atomic E-state index is -0.00921. The van der Waals surface area contributed by atoms with Crippen molar-refractivity contribution in [3.63, 3.8) is 0 Å². The lowest BCUT2D eigenvalue weighted by Gasteiger charge is -2.06. The molecular weight excluding hydrogens is 170 g/mol. The van der Waals surface area contributed by atoms with E-state index in [0.717, 1.165) is 0 Å². The fourth-order valence-electron chi connectivity index (χ4n) is 1.37. The standard InChI is InChI=1S/C8H11N3O2/c1-4-3-6(12)10-7-5(2)13-11-8(7)9-4/h4H,3H2,1-2H3,(H,9,11)(H,10,12). The van der Waals surface area contributed by atoms with E-state index < -0.39 is 0 Å². The number of aryl methyl sites for hydroxylation is 1. The summed E-state index contributed by atoms with van der Waals surface area (Å²) >= 11 is 0. The second-order valence-corrected chi connectivity index (χ2v) is 3.26. The number of nitrogens with zero attached hydrogens (tertiary/aromatic N) is 1. The second-order valence-electron chi connectivity index (χ2n) is 3.26. The van der Waals surface area contributed by atoms with E-state index in [2.05, 4.69) is 15.8 Å². The number of hydrogen-bond donors (Lipinski definition) is 2. The number of rotatable bonds is 0. The molecule has 5 heteroatoms. The van der Waals surface area contributed by atoms with Gasteiger partial charge in [0.05, 0.1) is 0 Å². The highest BCUT2D eigenvalue weighted by Gasteiger charge is 2.22. The van der Waals surface area contributed by atoms with Gasteiger partial charge >= 0.3 is 0 Å². The highest BCUT2D eigenvalue weighted by Crippen LogP contribution is 2.27. The Balaban J connectivity index is 2.39. The average Bonchev–Trinajstić information content (AvgIpc) is 2.32. The number of carbonyl (C=O) groups excluding carboxylic acids is 1. The first-order chi connectivity index (χ1) is 6.16. The summed E-state index contributed by atoms with van der Waals surface area (Å²) < 4.78 is 4.94. The second kappa shape index (κ2) is 2.76. The van der Waals surface area contributed by atoms with Gasteiger partial charge in [-0.3, -0.25) is 4.79 Å². The Morgan fingerprint density at radius 3 is 3.15 bits per heavy atom. The van der Waals surface area contributed by atoms with Crippen LogP contribution in [0.15, 0.2) is 4.52 Å². The first kappa shape index (κ1) is 8.10. The van der Waals surface area contributed by atoms with Gasteiger partial charge in [-0.2, -0.15) is 0 Å². The monoisotopic (exact) mass is 181 g/mol. The molecule has 1 aromatic heterocycles. The normalized spacial score (nSPS) is 21.4. The third-order valence-corrected chi connectivity index (χ3v) is 2.00. The molecule has 1 amide bonds. The molecule has 0 aliphatic carbocycles. The Hall–Kier alpha value is -1.52. The molecule has 0 spiro atoms. The predicted octanol–water partition coefficient (Wildman–Crippen LogP) is 1.13. The molecule has 0 saturated heterocycles. The molecule has 1 unspecified atom stereocenters. The summed E-state index contributed by atoms with van der Waals surface area (Å²) in [6, 6.07) is 0.0887. The summed E-state index contributed by atoms with van der Waals surface area (Å²) in [6.07, 6.45) is 0.454. The van der Waals surface area contributed by atoms with E-state index in [1.165, 1.54) is 0 Å². The van der Waals surface area contributed by atoms with E-state index in [4.69, 9.17) is 4.52 Å². The first-order valence-electron chi connectivity index (χ1n) is 4.19. The van der Waals surface area contributed by atoms with Crippen LogP contribution in [-0.4, -0.2) is 17.1 Å². The van der Waals surface area contributed by atoms with Crippen LogP contribution in [0.2, 0.25) is 0 Å². The molecule has 5 nitrogen and oxygen atoms in total. The number of aromatic nitrogens is 1. The van der Waals surface area contributed by atoms with Crippen molar-refractivity contribution in [2.75, 3.05) is 10.6 Å². The molecule has 0 saturated carbocycles. The van der Waals surface area contributed by atoms with Crippen LogP contribution in [0.3, 0.4) is 0 Å². The fraction of sp³-hybridized carbons (Fsp3) is 0.500. The number of anilines is 2. The Morgan fingerprint density at radius 1 is 1.62 bits per heavy atom. The molecule has 0 radical (unpaired) electrons. The molecule has 1 aliphatic rings. The Kier molecular flexibility index (Phi) is 1.72. The molecule has 13 heavy (non-hydrogen) atoms. The lowest BCUT2D eigenvalue weighted by Crippen LogP contribution is -2.19. The van der Waals surface area contributed by atoms with Crippen molar-refractivity contribution < 1.29 is 9.32 Å². The van der Waals surface area contributed by atoms with Gasteiger partial charge in [0, 0.05) is 12.5 Å². The maximum absolute atomic E-state index is 11.3. The van der Waals surface area contributed by atoms with Gasteiger partial charge in [-0.05, 0) is 13.8 Å². The van der Waals surface area contributed by atoms with Crippen LogP contribution in [0.5, 0.6) is 0 Å². The van der Waals surface area contributed by atoms with Gasteiger partial charge in [0.1, 0.15) is 5.69 Å². The molecule has 1 aliphatic heterocycles. The maximum atomic E-state index is 11.3. The van der Waals surface area contributed by atoms with E-state index in [1.54, 1.807) is 6.92 Å². The van der Waals surface area contributed by atoms with Crippen LogP contribution in [0.4, 0.5) is 11.5 Å². The van der Waals surface area contributed by atoms with Gasteiger partial charge in [-0.15, -0.1) is 0 Å². The van der Waals surface area contributed by atoms with Gasteiger partial charge < -0.3 is 15.2 Å². The molecule has 0 fully saturated rings. The first-order valence-corrected chi connectivity index (χ1v) is 4.19. The highest BCUT2D eigenvalue weighted by molar-refractivity contribution is 5.96. The van der Waals surface area contributed by atoms with Crippen LogP contribution in [0, 0.1) is 6.92 Å². The van der Waals surface area contributed by atoms with Crippen LogP contribution < -0.4 is 10.6 Å². The van der Waals surface area contributed by atoms with Crippen molar-refractivity contribution in [1.82, 2.24) is 5.16 Å². The smallest absolute Gasteiger partial charge is 0.226 e. The summed E-state index contributed by atoms with van der Waals surface area (Å²) in [5, 5.41) is 9.63. The largest absolute Gasteiger partial charge is 0.363 e. The van der Waals surface area contributed by atoms with Crippen molar-refractivity contribution in [3.8, 4) is 0 Å². The molecule has 1 atom stereocenters. The number of fused-ring (bicyclic) bond motifs is 1. The predicted molar refractivity (Wildman–Crippen MR) is 47.6 cm³/mol. The summed E-state index contributed by atoms with van der Waals surface area (Å²) in [4.78, 5) is 11.3. The van der Waals surface area contributed by atoms with Crippen LogP contribution in [0.1, 0.15) is 19.1 Å². The van der Waals surface area contributed by atoms with E-state index in [1.807, 2.05) is 6.92 Å². The average molecular weight is 181 g/mol. The Labute approximate surface area is 75.5 Å². The zero-order valence-corrected chi connectivity index (χ0v) is 7.55. The van der Waals surface area contributed by atoms with Crippen LogP contribution in [0.25, 0.3) is 0 Å². The molecule has 0 aromatic carbocycles. The van der Waals surface area contributed by atoms with Crippen molar-refractivity contribution in [3.05, 3.63) is 5.76 Å². The summed E-state index contributed by atoms with van der Waals surface area (Å²) in [7, 11) is 0. The van der Waals surface area contributed by atoms with Crippen molar-refractivity contribution >= 4 is 17.4 Å². The van der Waals surface area contributed by atoms with E-state index in [-0.39, 0.29) is 11.9 Å². The number of carbonyl (C=O) groups is 1. The number of hydrogen-bond acceptors (Lipinski definition) is 4. The molecule has 70 valence electrons. The third-order valence-electron chi connectivity index (χ3n) is 2.00. The third kappa shape index (κ3) is 1.37. The Bertz CT molecular complexity index is 345. The molecule has 0 bridgehead atoms. The van der Waals surface area contributed by atoms with Gasteiger partial charge in [-0.25, -0.2) is 0 Å². The SMILES string of the molecule is Cc1onc2c1NC(=O)CC(C)N2. The van der Waals surface area contributed by atoms with Crippen molar-refractivity contribution in [1.29, 1.82) is 0 Å². The van der Waals surface area contributed by atoms with E-state index in [0.29, 0.717) is 23.7 Å². The summed E-state index contributed by atoms with van der Waals surface area (Å²) in [5.41, 5.74) is 0.661. The van der Waals surface area contributed by atoms with Gasteiger partial charge in [0.25, 0.3) is 0 Å². The van der Waals surface area contributed by atoms with Gasteiger partial charge in [-0.1, -0.05) is 5.16 Å².